The van der Waals surface area contributed by atoms with Crippen LogP contribution in [-0.2, 0) is 18.3 Å². The van der Waals surface area contributed by atoms with Crippen LogP contribution in [0.2, 0.25) is 0 Å². The van der Waals surface area contributed by atoms with Crippen LogP contribution in [0.3, 0.4) is 0 Å². The number of carbonyl (C=O) groups is 2. The number of hydrogen-bond donors (Lipinski definition) is 2. The van der Waals surface area contributed by atoms with E-state index in [1.807, 2.05) is 6.07 Å². The lowest BCUT2D eigenvalue weighted by molar-refractivity contribution is -0.143. The molecule has 122 valence electrons. The number of carboxylic acid groups (broad SMARTS) is 1. The monoisotopic (exact) mass is 307 g/mol. The molecule has 6 heteroatoms. The van der Waals surface area contributed by atoms with Crippen molar-refractivity contribution in [3.8, 4) is 0 Å². The minimum Gasteiger partial charge on any atom is -0.481 e. The summed E-state index contributed by atoms with van der Waals surface area (Å²) in [5.74, 6) is -0.623. The fraction of sp³-hybridized carbons (Fsp3) is 0.688. The predicted octanol–water partition coefficient (Wildman–Crippen LogP) is 1.99. The van der Waals surface area contributed by atoms with Crippen LogP contribution in [-0.4, -0.2) is 33.3 Å². The zero-order chi connectivity index (χ0) is 16.1. The minimum absolute atomic E-state index is 0.0993. The standard InChI is InChI=1S/C16H25N3O3/c1-3-4-13-9-14(19(2)18-13)15(20)17-10-11-5-7-12(8-6-11)16(21)22/h9,11-12H,3-8,10H2,1-2H3,(H,17,20)(H,21,22). The predicted molar refractivity (Wildman–Crippen MR) is 82.6 cm³/mol. The highest BCUT2D eigenvalue weighted by Crippen LogP contribution is 2.28. The first-order valence-corrected chi connectivity index (χ1v) is 8.05. The summed E-state index contributed by atoms with van der Waals surface area (Å²) in [7, 11) is 1.78. The number of aliphatic carboxylic acids is 1. The number of nitrogens with zero attached hydrogens (tertiary/aromatic N) is 2. The van der Waals surface area contributed by atoms with E-state index in [0.717, 1.165) is 31.4 Å². The van der Waals surface area contributed by atoms with Gasteiger partial charge in [0.2, 0.25) is 0 Å². The molecule has 0 unspecified atom stereocenters. The van der Waals surface area contributed by atoms with Crippen LogP contribution < -0.4 is 5.32 Å². The molecule has 2 rings (SSSR count). The molecular weight excluding hydrogens is 282 g/mol. The number of aromatic nitrogens is 2. The van der Waals surface area contributed by atoms with Gasteiger partial charge in [0.25, 0.3) is 5.91 Å². The Balaban J connectivity index is 1.82. The van der Waals surface area contributed by atoms with E-state index in [4.69, 9.17) is 5.11 Å². The van der Waals surface area contributed by atoms with Gasteiger partial charge in [0, 0.05) is 13.6 Å². The van der Waals surface area contributed by atoms with Crippen molar-refractivity contribution in [3.05, 3.63) is 17.5 Å². The Hall–Kier alpha value is -1.85. The number of aryl methyl sites for hydroxylation is 2. The first kappa shape index (κ1) is 16.5. The summed E-state index contributed by atoms with van der Waals surface area (Å²) in [6.45, 7) is 2.70. The summed E-state index contributed by atoms with van der Waals surface area (Å²) in [5.41, 5.74) is 1.53. The van der Waals surface area contributed by atoms with Gasteiger partial charge in [0.05, 0.1) is 11.6 Å². The van der Waals surface area contributed by atoms with Crippen LogP contribution in [0.15, 0.2) is 6.07 Å². The maximum Gasteiger partial charge on any atom is 0.306 e. The molecule has 1 amide bonds. The van der Waals surface area contributed by atoms with Gasteiger partial charge in [-0.2, -0.15) is 5.10 Å². The molecule has 1 aliphatic carbocycles. The summed E-state index contributed by atoms with van der Waals surface area (Å²) >= 11 is 0. The lowest BCUT2D eigenvalue weighted by Gasteiger charge is -2.26. The van der Waals surface area contributed by atoms with Crippen LogP contribution in [0, 0.1) is 11.8 Å². The molecule has 2 N–H and O–H groups in total. The molecule has 0 saturated heterocycles. The molecule has 1 aromatic heterocycles. The summed E-state index contributed by atoms with van der Waals surface area (Å²) in [4.78, 5) is 23.2. The molecular formula is C16H25N3O3. The lowest BCUT2D eigenvalue weighted by Crippen LogP contribution is -2.33. The number of carboxylic acids is 1. The SMILES string of the molecule is CCCc1cc(C(=O)NCC2CCC(C(=O)O)CC2)n(C)n1. The molecule has 6 nitrogen and oxygen atoms in total. The van der Waals surface area contributed by atoms with Crippen LogP contribution in [0.5, 0.6) is 0 Å². The molecule has 0 aliphatic heterocycles. The number of carbonyl (C=O) groups excluding carboxylic acids is 1. The van der Waals surface area contributed by atoms with Gasteiger partial charge in [-0.3, -0.25) is 14.3 Å². The summed E-state index contributed by atoms with van der Waals surface area (Å²) < 4.78 is 1.63. The first-order chi connectivity index (χ1) is 10.5. The van der Waals surface area contributed by atoms with Crippen molar-refractivity contribution in [1.29, 1.82) is 0 Å². The topological polar surface area (TPSA) is 84.2 Å². The zero-order valence-corrected chi connectivity index (χ0v) is 13.3. The molecule has 1 fully saturated rings. The Labute approximate surface area is 130 Å². The summed E-state index contributed by atoms with van der Waals surface area (Å²) in [6.07, 6.45) is 5.03. The van der Waals surface area contributed by atoms with E-state index in [2.05, 4.69) is 17.3 Å². The smallest absolute Gasteiger partial charge is 0.306 e. The second-order valence-electron chi connectivity index (χ2n) is 6.16. The highest BCUT2D eigenvalue weighted by Gasteiger charge is 2.26. The van der Waals surface area contributed by atoms with Gasteiger partial charge in [0.15, 0.2) is 0 Å². The Morgan fingerprint density at radius 1 is 1.36 bits per heavy atom. The Morgan fingerprint density at radius 2 is 2.05 bits per heavy atom. The quantitative estimate of drug-likeness (QED) is 0.842. The molecule has 1 aliphatic rings. The van der Waals surface area contributed by atoms with Gasteiger partial charge in [-0.15, -0.1) is 0 Å². The third kappa shape index (κ3) is 4.08. The van der Waals surface area contributed by atoms with E-state index in [9.17, 15) is 9.59 Å². The summed E-state index contributed by atoms with van der Waals surface area (Å²) in [5, 5.41) is 16.3. The summed E-state index contributed by atoms with van der Waals surface area (Å²) in [6, 6.07) is 1.85. The molecule has 0 atom stereocenters. The molecule has 1 aromatic rings. The number of hydrogen-bond acceptors (Lipinski definition) is 3. The fourth-order valence-corrected chi connectivity index (χ4v) is 3.06. The van der Waals surface area contributed by atoms with Gasteiger partial charge in [-0.05, 0) is 44.1 Å². The Kier molecular flexibility index (Phi) is 5.57. The Bertz CT molecular complexity index is 531. The number of rotatable bonds is 6. The lowest BCUT2D eigenvalue weighted by atomic mass is 9.82. The van der Waals surface area contributed by atoms with Crippen LogP contribution in [0.1, 0.15) is 55.2 Å². The second kappa shape index (κ2) is 7.42. The van der Waals surface area contributed by atoms with Gasteiger partial charge >= 0.3 is 5.97 Å². The van der Waals surface area contributed by atoms with E-state index >= 15 is 0 Å². The van der Waals surface area contributed by atoms with Crippen molar-refractivity contribution in [2.75, 3.05) is 6.54 Å². The molecule has 0 radical (unpaired) electrons. The van der Waals surface area contributed by atoms with Gasteiger partial charge in [-0.25, -0.2) is 0 Å². The molecule has 0 aromatic carbocycles. The van der Waals surface area contributed by atoms with Gasteiger partial charge < -0.3 is 10.4 Å². The molecule has 0 bridgehead atoms. The molecule has 0 spiro atoms. The van der Waals surface area contributed by atoms with E-state index < -0.39 is 5.97 Å². The van der Waals surface area contributed by atoms with Crippen LogP contribution in [0.25, 0.3) is 0 Å². The second-order valence-corrected chi connectivity index (χ2v) is 6.16. The molecule has 1 heterocycles. The van der Waals surface area contributed by atoms with Crippen molar-refractivity contribution >= 4 is 11.9 Å². The maximum atomic E-state index is 12.2. The highest BCUT2D eigenvalue weighted by atomic mass is 16.4. The van der Waals surface area contributed by atoms with Gasteiger partial charge in [0.1, 0.15) is 5.69 Å². The average molecular weight is 307 g/mol. The third-order valence-electron chi connectivity index (χ3n) is 4.42. The zero-order valence-electron chi connectivity index (χ0n) is 13.3. The van der Waals surface area contributed by atoms with E-state index in [-0.39, 0.29) is 11.8 Å². The van der Waals surface area contributed by atoms with Crippen molar-refractivity contribution in [2.24, 2.45) is 18.9 Å². The van der Waals surface area contributed by atoms with Crippen molar-refractivity contribution in [3.63, 3.8) is 0 Å². The van der Waals surface area contributed by atoms with E-state index in [1.165, 1.54) is 0 Å². The van der Waals surface area contributed by atoms with Crippen molar-refractivity contribution < 1.29 is 14.7 Å². The third-order valence-corrected chi connectivity index (χ3v) is 4.42. The largest absolute Gasteiger partial charge is 0.481 e. The maximum absolute atomic E-state index is 12.2. The highest BCUT2D eigenvalue weighted by molar-refractivity contribution is 5.92. The number of amides is 1. The average Bonchev–Trinajstić information content (AvgIpc) is 2.86. The van der Waals surface area contributed by atoms with Crippen molar-refractivity contribution in [2.45, 2.75) is 45.4 Å². The molecule has 1 saturated carbocycles. The molecule has 22 heavy (non-hydrogen) atoms. The van der Waals surface area contributed by atoms with Gasteiger partial charge in [-0.1, -0.05) is 13.3 Å². The fourth-order valence-electron chi connectivity index (χ4n) is 3.06. The first-order valence-electron chi connectivity index (χ1n) is 8.05. The van der Waals surface area contributed by atoms with Crippen LogP contribution in [0.4, 0.5) is 0 Å². The normalized spacial score (nSPS) is 21.5. The van der Waals surface area contributed by atoms with E-state index in [0.29, 0.717) is 31.0 Å². The van der Waals surface area contributed by atoms with Crippen molar-refractivity contribution in [1.82, 2.24) is 15.1 Å². The van der Waals surface area contributed by atoms with E-state index in [1.54, 1.807) is 11.7 Å². The minimum atomic E-state index is -0.694. The Morgan fingerprint density at radius 3 is 2.64 bits per heavy atom. The number of nitrogens with one attached hydrogen (secondary N) is 1. The van der Waals surface area contributed by atoms with Crippen LogP contribution >= 0.6 is 0 Å².